The van der Waals surface area contributed by atoms with Crippen LogP contribution in [0.1, 0.15) is 18.2 Å². The lowest BCUT2D eigenvalue weighted by Crippen LogP contribution is -2.06. The highest BCUT2D eigenvalue weighted by molar-refractivity contribution is 5.46. The van der Waals surface area contributed by atoms with Crippen molar-refractivity contribution in [2.24, 2.45) is 0 Å². The van der Waals surface area contributed by atoms with Gasteiger partial charge in [0, 0.05) is 18.4 Å². The number of aryl methyl sites for hydroxylation is 1. The average Bonchev–Trinajstić information content (AvgIpc) is 3.16. The van der Waals surface area contributed by atoms with Gasteiger partial charge in [0.15, 0.2) is 0 Å². The van der Waals surface area contributed by atoms with E-state index in [2.05, 4.69) is 50.1 Å². The molecular formula is C15H18N6. The summed E-state index contributed by atoms with van der Waals surface area (Å²) in [4.78, 5) is 8.13. The van der Waals surface area contributed by atoms with Crippen molar-refractivity contribution in [1.82, 2.24) is 24.3 Å². The Bertz CT molecular complexity index is 686. The molecule has 2 heterocycles. The largest absolute Gasteiger partial charge is 0.379 e. The van der Waals surface area contributed by atoms with Gasteiger partial charge in [0.2, 0.25) is 0 Å². The predicted molar refractivity (Wildman–Crippen MR) is 80.8 cm³/mol. The fourth-order valence-corrected chi connectivity index (χ4v) is 2.25. The number of benzene rings is 1. The summed E-state index contributed by atoms with van der Waals surface area (Å²) in [5.41, 5.74) is 3.46. The van der Waals surface area contributed by atoms with Gasteiger partial charge < -0.3 is 9.88 Å². The summed E-state index contributed by atoms with van der Waals surface area (Å²) in [6.07, 6.45) is 7.03. The molecule has 21 heavy (non-hydrogen) atoms. The van der Waals surface area contributed by atoms with Gasteiger partial charge in [-0.3, -0.25) is 0 Å². The van der Waals surface area contributed by atoms with Crippen LogP contribution in [0, 0.1) is 0 Å². The smallest absolute Gasteiger partial charge is 0.137 e. The third-order valence-electron chi connectivity index (χ3n) is 3.35. The van der Waals surface area contributed by atoms with Crippen molar-refractivity contribution in [3.63, 3.8) is 0 Å². The molecule has 0 aliphatic carbocycles. The van der Waals surface area contributed by atoms with Gasteiger partial charge in [-0.05, 0) is 24.6 Å². The number of nitrogens with one attached hydrogen (secondary N) is 1. The number of aromatic nitrogens is 5. The Morgan fingerprint density at radius 3 is 2.95 bits per heavy atom. The van der Waals surface area contributed by atoms with E-state index in [4.69, 9.17) is 0 Å². The molecule has 0 saturated heterocycles. The molecule has 3 aromatic rings. The molecule has 2 aromatic heterocycles. The van der Waals surface area contributed by atoms with Gasteiger partial charge in [-0.15, -0.1) is 0 Å². The summed E-state index contributed by atoms with van der Waals surface area (Å²) in [6.45, 7) is 4.54. The van der Waals surface area contributed by atoms with Crippen LogP contribution in [0.2, 0.25) is 0 Å². The standard InChI is InChI=1S/C15H18N6/c1-2-20-11-16-7-15(20)8-18-14-5-3-4-13(6-14)9-21-12-17-10-19-21/h3-7,10-12,18H,2,8-9H2,1H3. The Kier molecular flexibility index (Phi) is 3.95. The lowest BCUT2D eigenvalue weighted by molar-refractivity contribution is 0.685. The monoisotopic (exact) mass is 282 g/mol. The second-order valence-corrected chi connectivity index (χ2v) is 4.82. The van der Waals surface area contributed by atoms with Crippen LogP contribution >= 0.6 is 0 Å². The molecule has 0 bridgehead atoms. The zero-order chi connectivity index (χ0) is 14.5. The summed E-state index contributed by atoms with van der Waals surface area (Å²) < 4.78 is 3.94. The van der Waals surface area contributed by atoms with Crippen molar-refractivity contribution in [3.05, 3.63) is 60.7 Å². The fourth-order valence-electron chi connectivity index (χ4n) is 2.25. The van der Waals surface area contributed by atoms with E-state index in [1.165, 1.54) is 11.3 Å². The Balaban J connectivity index is 1.66. The summed E-state index contributed by atoms with van der Waals surface area (Å²) in [5.74, 6) is 0. The highest BCUT2D eigenvalue weighted by atomic mass is 15.3. The molecule has 1 aromatic carbocycles. The minimum Gasteiger partial charge on any atom is -0.379 e. The first-order valence-electron chi connectivity index (χ1n) is 6.99. The van der Waals surface area contributed by atoms with E-state index in [1.807, 2.05) is 23.3 Å². The van der Waals surface area contributed by atoms with Crippen LogP contribution in [0.15, 0.2) is 49.4 Å². The number of rotatable bonds is 6. The molecule has 0 spiro atoms. The molecule has 0 saturated carbocycles. The molecule has 6 heteroatoms. The van der Waals surface area contributed by atoms with Gasteiger partial charge >= 0.3 is 0 Å². The third-order valence-corrected chi connectivity index (χ3v) is 3.35. The highest BCUT2D eigenvalue weighted by Gasteiger charge is 2.01. The maximum absolute atomic E-state index is 4.18. The summed E-state index contributed by atoms with van der Waals surface area (Å²) >= 11 is 0. The van der Waals surface area contributed by atoms with Crippen LogP contribution in [-0.2, 0) is 19.6 Å². The Hall–Kier alpha value is -2.63. The van der Waals surface area contributed by atoms with E-state index in [-0.39, 0.29) is 0 Å². The lowest BCUT2D eigenvalue weighted by Gasteiger charge is -2.10. The molecule has 1 N–H and O–H groups in total. The lowest BCUT2D eigenvalue weighted by atomic mass is 10.2. The minimum absolute atomic E-state index is 0.725. The van der Waals surface area contributed by atoms with Crippen LogP contribution in [0.25, 0.3) is 0 Å². The Labute approximate surface area is 123 Å². The minimum atomic E-state index is 0.725. The van der Waals surface area contributed by atoms with Crippen LogP contribution in [0.4, 0.5) is 5.69 Å². The van der Waals surface area contributed by atoms with Gasteiger partial charge in [-0.1, -0.05) is 12.1 Å². The first kappa shape index (κ1) is 13.4. The topological polar surface area (TPSA) is 60.6 Å². The Morgan fingerprint density at radius 1 is 1.19 bits per heavy atom. The molecule has 0 unspecified atom stereocenters. The molecule has 0 aliphatic rings. The van der Waals surface area contributed by atoms with Crippen molar-refractivity contribution in [1.29, 1.82) is 0 Å². The molecule has 0 fully saturated rings. The molecular weight excluding hydrogens is 264 g/mol. The van der Waals surface area contributed by atoms with E-state index < -0.39 is 0 Å². The molecule has 108 valence electrons. The quantitative estimate of drug-likeness (QED) is 0.752. The van der Waals surface area contributed by atoms with E-state index >= 15 is 0 Å². The van der Waals surface area contributed by atoms with E-state index in [1.54, 1.807) is 12.7 Å². The van der Waals surface area contributed by atoms with Crippen molar-refractivity contribution < 1.29 is 0 Å². The molecule has 3 rings (SSSR count). The zero-order valence-corrected chi connectivity index (χ0v) is 12.0. The van der Waals surface area contributed by atoms with Gasteiger partial charge in [-0.25, -0.2) is 14.6 Å². The number of hydrogen-bond acceptors (Lipinski definition) is 4. The van der Waals surface area contributed by atoms with Crippen LogP contribution in [0.5, 0.6) is 0 Å². The first-order valence-corrected chi connectivity index (χ1v) is 6.99. The maximum Gasteiger partial charge on any atom is 0.137 e. The first-order chi connectivity index (χ1) is 10.3. The van der Waals surface area contributed by atoms with Crippen molar-refractivity contribution in [2.75, 3.05) is 5.32 Å². The van der Waals surface area contributed by atoms with Crippen LogP contribution in [-0.4, -0.2) is 24.3 Å². The molecule has 0 atom stereocenters. The molecule has 0 aliphatic heterocycles. The average molecular weight is 282 g/mol. The number of hydrogen-bond donors (Lipinski definition) is 1. The Morgan fingerprint density at radius 2 is 2.14 bits per heavy atom. The fraction of sp³-hybridized carbons (Fsp3) is 0.267. The SMILES string of the molecule is CCn1cncc1CNc1cccc(Cn2cncn2)c1. The number of imidazole rings is 1. The normalized spacial score (nSPS) is 10.7. The van der Waals surface area contributed by atoms with Gasteiger partial charge in [0.1, 0.15) is 12.7 Å². The highest BCUT2D eigenvalue weighted by Crippen LogP contribution is 2.13. The zero-order valence-electron chi connectivity index (χ0n) is 12.0. The third kappa shape index (κ3) is 3.28. The summed E-state index contributed by atoms with van der Waals surface area (Å²) in [5, 5.41) is 7.56. The second kappa shape index (κ2) is 6.21. The molecule has 6 nitrogen and oxygen atoms in total. The summed E-state index contributed by atoms with van der Waals surface area (Å²) in [6, 6.07) is 8.33. The van der Waals surface area contributed by atoms with E-state index in [0.717, 1.165) is 25.3 Å². The van der Waals surface area contributed by atoms with Crippen LogP contribution in [0.3, 0.4) is 0 Å². The predicted octanol–water partition coefficient (Wildman–Crippen LogP) is 2.15. The van der Waals surface area contributed by atoms with Gasteiger partial charge in [0.25, 0.3) is 0 Å². The van der Waals surface area contributed by atoms with Crippen molar-refractivity contribution >= 4 is 5.69 Å². The van der Waals surface area contributed by atoms with E-state index in [0.29, 0.717) is 0 Å². The maximum atomic E-state index is 4.18. The molecule has 0 amide bonds. The van der Waals surface area contributed by atoms with Crippen LogP contribution < -0.4 is 5.32 Å². The van der Waals surface area contributed by atoms with Crippen molar-refractivity contribution in [3.8, 4) is 0 Å². The molecule has 0 radical (unpaired) electrons. The number of anilines is 1. The van der Waals surface area contributed by atoms with Gasteiger partial charge in [0.05, 0.1) is 25.1 Å². The van der Waals surface area contributed by atoms with E-state index in [9.17, 15) is 0 Å². The number of nitrogens with zero attached hydrogens (tertiary/aromatic N) is 5. The van der Waals surface area contributed by atoms with Gasteiger partial charge in [-0.2, -0.15) is 5.10 Å². The van der Waals surface area contributed by atoms with Crippen molar-refractivity contribution in [2.45, 2.75) is 26.6 Å². The second-order valence-electron chi connectivity index (χ2n) is 4.82. The summed E-state index contributed by atoms with van der Waals surface area (Å²) in [7, 11) is 0.